The zero-order valence-corrected chi connectivity index (χ0v) is 13.3. The number of rotatable bonds is 4. The van der Waals surface area contributed by atoms with Gasteiger partial charge in [-0.05, 0) is 38.8 Å². The van der Waals surface area contributed by atoms with Crippen molar-refractivity contribution in [3.8, 4) is 0 Å². The first-order valence-electron chi connectivity index (χ1n) is 7.69. The van der Waals surface area contributed by atoms with E-state index in [4.69, 9.17) is 0 Å². The molecule has 1 aromatic carbocycles. The quantitative estimate of drug-likeness (QED) is 0.925. The maximum absolute atomic E-state index is 13.0. The number of para-hydroxylation sites is 1. The Hall–Kier alpha value is -1.84. The van der Waals surface area contributed by atoms with Gasteiger partial charge in [0.2, 0.25) is 0 Å². The summed E-state index contributed by atoms with van der Waals surface area (Å²) in [4.78, 5) is 27.3. The largest absolute Gasteiger partial charge is 0.338 e. The maximum Gasteiger partial charge on any atom is 0.254 e. The van der Waals surface area contributed by atoms with Crippen LogP contribution in [0.15, 0.2) is 24.3 Å². The molecule has 0 saturated heterocycles. The predicted molar refractivity (Wildman–Crippen MR) is 84.5 cm³/mol. The van der Waals surface area contributed by atoms with Crippen LogP contribution >= 0.6 is 0 Å². The summed E-state index contributed by atoms with van der Waals surface area (Å²) in [6.07, 6.45) is 2.48. The third-order valence-corrected chi connectivity index (χ3v) is 4.34. The van der Waals surface area contributed by atoms with Crippen molar-refractivity contribution in [1.82, 2.24) is 5.32 Å². The molecular weight excluding hydrogens is 264 g/mol. The van der Waals surface area contributed by atoms with E-state index in [1.54, 1.807) is 11.0 Å². The van der Waals surface area contributed by atoms with Crippen LogP contribution in [0.3, 0.4) is 0 Å². The van der Waals surface area contributed by atoms with Crippen molar-refractivity contribution in [1.29, 1.82) is 0 Å². The molecule has 0 saturated carbocycles. The Morgan fingerprint density at radius 3 is 2.52 bits per heavy atom. The lowest BCUT2D eigenvalue weighted by Gasteiger charge is -2.35. The van der Waals surface area contributed by atoms with Gasteiger partial charge in [0.15, 0.2) is 0 Å². The van der Waals surface area contributed by atoms with E-state index in [9.17, 15) is 9.59 Å². The number of fused-ring (bicyclic) bond motifs is 1. The Balaban J connectivity index is 2.58. The van der Waals surface area contributed by atoms with Crippen LogP contribution in [-0.2, 0) is 4.79 Å². The van der Waals surface area contributed by atoms with E-state index in [0.29, 0.717) is 12.0 Å². The second-order valence-corrected chi connectivity index (χ2v) is 5.97. The third kappa shape index (κ3) is 2.67. The van der Waals surface area contributed by atoms with Gasteiger partial charge in [0.25, 0.3) is 11.8 Å². The average Bonchev–Trinajstić information content (AvgIpc) is 2.55. The molecule has 1 aliphatic heterocycles. The Bertz CT molecular complexity index is 555. The summed E-state index contributed by atoms with van der Waals surface area (Å²) in [6, 6.07) is 7.42. The molecular formula is C17H24N2O2. The number of carbonyl (C=O) groups is 2. The summed E-state index contributed by atoms with van der Waals surface area (Å²) in [7, 11) is 0. The van der Waals surface area contributed by atoms with Crippen LogP contribution in [0.25, 0.3) is 0 Å². The summed E-state index contributed by atoms with van der Waals surface area (Å²) in [5, 5.41) is 2.91. The molecule has 2 amide bonds. The van der Waals surface area contributed by atoms with Gasteiger partial charge in [0.05, 0.1) is 11.3 Å². The van der Waals surface area contributed by atoms with Gasteiger partial charge in [0.1, 0.15) is 5.54 Å². The van der Waals surface area contributed by atoms with E-state index in [1.165, 1.54) is 0 Å². The van der Waals surface area contributed by atoms with Crippen LogP contribution in [0.5, 0.6) is 0 Å². The lowest BCUT2D eigenvalue weighted by molar-refractivity contribution is -0.124. The Labute approximate surface area is 126 Å². The minimum atomic E-state index is -0.849. The first kappa shape index (κ1) is 15.5. The molecule has 1 aliphatic rings. The average molecular weight is 288 g/mol. The normalized spacial score (nSPS) is 23.3. The van der Waals surface area contributed by atoms with Crippen molar-refractivity contribution < 1.29 is 9.59 Å². The van der Waals surface area contributed by atoms with Gasteiger partial charge in [-0.2, -0.15) is 0 Å². The summed E-state index contributed by atoms with van der Waals surface area (Å²) >= 11 is 0. The van der Waals surface area contributed by atoms with E-state index in [0.717, 1.165) is 18.5 Å². The maximum atomic E-state index is 13.0. The molecule has 1 aromatic rings. The third-order valence-electron chi connectivity index (χ3n) is 4.34. The Morgan fingerprint density at radius 1 is 1.24 bits per heavy atom. The summed E-state index contributed by atoms with van der Waals surface area (Å²) in [5.41, 5.74) is 0.446. The summed E-state index contributed by atoms with van der Waals surface area (Å²) in [6.45, 7) is 7.89. The summed E-state index contributed by atoms with van der Waals surface area (Å²) in [5.74, 6) is -0.196. The molecule has 0 aliphatic carbocycles. The zero-order chi connectivity index (χ0) is 15.6. The molecule has 4 nitrogen and oxygen atoms in total. The molecule has 2 atom stereocenters. The molecule has 2 unspecified atom stereocenters. The minimum absolute atomic E-state index is 0.0238. The van der Waals surface area contributed by atoms with Crippen molar-refractivity contribution >= 4 is 17.5 Å². The van der Waals surface area contributed by atoms with Crippen molar-refractivity contribution in [2.75, 3.05) is 4.90 Å². The molecule has 2 rings (SSSR count). The smallest absolute Gasteiger partial charge is 0.254 e. The molecule has 0 fully saturated rings. The highest BCUT2D eigenvalue weighted by Gasteiger charge is 2.42. The fourth-order valence-electron chi connectivity index (χ4n) is 2.85. The van der Waals surface area contributed by atoms with Crippen LogP contribution in [-0.4, -0.2) is 23.4 Å². The van der Waals surface area contributed by atoms with Crippen LogP contribution in [0.4, 0.5) is 5.69 Å². The van der Waals surface area contributed by atoms with E-state index in [-0.39, 0.29) is 17.9 Å². The minimum Gasteiger partial charge on any atom is -0.338 e. The molecule has 1 heterocycles. The van der Waals surface area contributed by atoms with E-state index < -0.39 is 5.54 Å². The van der Waals surface area contributed by atoms with Gasteiger partial charge in [-0.1, -0.05) is 32.4 Å². The number of hydrogen-bond donors (Lipinski definition) is 1. The lowest BCUT2D eigenvalue weighted by atomic mass is 9.96. The molecule has 0 aromatic heterocycles. The first-order chi connectivity index (χ1) is 9.94. The number of hydrogen-bond acceptors (Lipinski definition) is 2. The molecule has 0 spiro atoms. The monoisotopic (exact) mass is 288 g/mol. The molecule has 21 heavy (non-hydrogen) atoms. The lowest BCUT2D eigenvalue weighted by Crippen LogP contribution is -2.57. The topological polar surface area (TPSA) is 49.4 Å². The van der Waals surface area contributed by atoms with Crippen LogP contribution in [0.2, 0.25) is 0 Å². The van der Waals surface area contributed by atoms with E-state index in [1.807, 2.05) is 39.0 Å². The fraction of sp³-hybridized carbons (Fsp3) is 0.529. The molecule has 0 radical (unpaired) electrons. The van der Waals surface area contributed by atoms with Crippen LogP contribution in [0.1, 0.15) is 57.3 Å². The highest BCUT2D eigenvalue weighted by atomic mass is 16.2. The van der Waals surface area contributed by atoms with Gasteiger partial charge in [-0.15, -0.1) is 0 Å². The van der Waals surface area contributed by atoms with Gasteiger partial charge >= 0.3 is 0 Å². The SMILES string of the molecule is CCCC(C)N1C(=O)C(C)(CC)NC(=O)c2ccccc21. The van der Waals surface area contributed by atoms with Crippen LogP contribution in [0, 0.1) is 0 Å². The number of amides is 2. The second-order valence-electron chi connectivity index (χ2n) is 5.97. The first-order valence-corrected chi connectivity index (χ1v) is 7.69. The molecule has 4 heteroatoms. The standard InChI is InChI=1S/C17H24N2O2/c1-5-9-12(3)19-14-11-8-7-10-13(14)15(20)18-17(4,6-2)16(19)21/h7-8,10-12H,5-6,9H2,1-4H3,(H,18,20). The van der Waals surface area contributed by atoms with Crippen LogP contribution < -0.4 is 10.2 Å². The number of anilines is 1. The molecule has 1 N–H and O–H groups in total. The number of benzene rings is 1. The highest BCUT2D eigenvalue weighted by Crippen LogP contribution is 2.31. The Kier molecular flexibility index (Phi) is 4.35. The van der Waals surface area contributed by atoms with E-state index >= 15 is 0 Å². The van der Waals surface area contributed by atoms with Gasteiger partial charge in [-0.25, -0.2) is 0 Å². The fourth-order valence-corrected chi connectivity index (χ4v) is 2.85. The van der Waals surface area contributed by atoms with Crippen molar-refractivity contribution in [2.45, 2.75) is 58.5 Å². The molecule has 0 bridgehead atoms. The van der Waals surface area contributed by atoms with Gasteiger partial charge in [0, 0.05) is 6.04 Å². The van der Waals surface area contributed by atoms with E-state index in [2.05, 4.69) is 12.2 Å². The predicted octanol–water partition coefficient (Wildman–Crippen LogP) is 3.12. The van der Waals surface area contributed by atoms with Gasteiger partial charge < -0.3 is 10.2 Å². The van der Waals surface area contributed by atoms with Crippen molar-refractivity contribution in [3.63, 3.8) is 0 Å². The number of nitrogens with one attached hydrogen (secondary N) is 1. The zero-order valence-electron chi connectivity index (χ0n) is 13.3. The van der Waals surface area contributed by atoms with Crippen molar-refractivity contribution in [3.05, 3.63) is 29.8 Å². The van der Waals surface area contributed by atoms with Crippen molar-refractivity contribution in [2.24, 2.45) is 0 Å². The highest BCUT2D eigenvalue weighted by molar-refractivity contribution is 6.12. The molecule has 114 valence electrons. The number of nitrogens with zero attached hydrogens (tertiary/aromatic N) is 1. The van der Waals surface area contributed by atoms with Gasteiger partial charge in [-0.3, -0.25) is 9.59 Å². The number of carbonyl (C=O) groups excluding carboxylic acids is 2. The second kappa shape index (κ2) is 5.88. The summed E-state index contributed by atoms with van der Waals surface area (Å²) < 4.78 is 0. The Morgan fingerprint density at radius 2 is 1.90 bits per heavy atom.